The van der Waals surface area contributed by atoms with E-state index in [1.54, 1.807) is 6.07 Å². The molecule has 1 aromatic heterocycles. The van der Waals surface area contributed by atoms with Gasteiger partial charge >= 0.3 is 12.1 Å². The average Bonchev–Trinajstić information content (AvgIpc) is 2.47. The number of aromatic nitrogens is 2. The predicted octanol–water partition coefficient (Wildman–Crippen LogP) is 3.48. The van der Waals surface area contributed by atoms with Gasteiger partial charge in [0.25, 0.3) is 0 Å². The smallest absolute Gasteiger partial charge is 0.433 e. The summed E-state index contributed by atoms with van der Waals surface area (Å²) in [6.45, 7) is -0.668. The molecule has 11 heteroatoms. The van der Waals surface area contributed by atoms with Crippen molar-refractivity contribution in [2.24, 2.45) is 0 Å². The number of nitrogens with one attached hydrogen (secondary N) is 2. The number of benzene rings is 1. The number of nitrogens with zero attached hydrogens (tertiary/aromatic N) is 2. The van der Waals surface area contributed by atoms with Crippen LogP contribution >= 0.6 is 22.6 Å². The quantitative estimate of drug-likeness (QED) is 0.472. The molecule has 0 radical (unpaired) electrons. The molecule has 0 atom stereocenters. The van der Waals surface area contributed by atoms with Gasteiger partial charge in [0.15, 0.2) is 5.69 Å². The summed E-state index contributed by atoms with van der Waals surface area (Å²) < 4.78 is 53.0. The molecular weight excluding hydrogens is 447 g/mol. The number of carboxylic acids is 1. The van der Waals surface area contributed by atoms with E-state index in [0.717, 1.165) is 0 Å². The van der Waals surface area contributed by atoms with E-state index in [1.165, 1.54) is 12.1 Å². The highest BCUT2D eigenvalue weighted by atomic mass is 127. The van der Waals surface area contributed by atoms with E-state index in [4.69, 9.17) is 5.11 Å². The zero-order valence-corrected chi connectivity index (χ0v) is 13.8. The van der Waals surface area contributed by atoms with Gasteiger partial charge in [-0.25, -0.2) is 9.37 Å². The molecule has 3 N–H and O–H groups in total. The minimum atomic E-state index is -4.77. The van der Waals surface area contributed by atoms with Crippen LogP contribution in [0.25, 0.3) is 0 Å². The zero-order chi connectivity index (χ0) is 17.9. The van der Waals surface area contributed by atoms with Gasteiger partial charge in [-0.15, -0.1) is 0 Å². The fourth-order valence-electron chi connectivity index (χ4n) is 1.62. The second-order valence-corrected chi connectivity index (χ2v) is 5.70. The molecule has 0 aliphatic rings. The Labute approximate surface area is 146 Å². The fraction of sp³-hybridized carbons (Fsp3) is 0.154. The first-order chi connectivity index (χ1) is 11.1. The Morgan fingerprint density at radius 1 is 1.25 bits per heavy atom. The van der Waals surface area contributed by atoms with Crippen LogP contribution in [0.5, 0.6) is 0 Å². The SMILES string of the molecule is O=C(O)CNc1nc(Nc2ccc(I)cc2F)cc(C(F)(F)F)n1. The first-order valence-electron chi connectivity index (χ1n) is 6.29. The van der Waals surface area contributed by atoms with E-state index in [-0.39, 0.29) is 11.5 Å². The van der Waals surface area contributed by atoms with Gasteiger partial charge in [-0.1, -0.05) is 0 Å². The van der Waals surface area contributed by atoms with Gasteiger partial charge < -0.3 is 15.7 Å². The van der Waals surface area contributed by atoms with Crippen LogP contribution in [0.15, 0.2) is 24.3 Å². The maximum atomic E-state index is 13.8. The highest BCUT2D eigenvalue weighted by Gasteiger charge is 2.34. The van der Waals surface area contributed by atoms with Crippen molar-refractivity contribution >= 4 is 46.0 Å². The standard InChI is InChI=1S/C13H9F4IN4O2/c14-7-3-6(18)1-2-8(7)20-10-4-9(13(15,16)17)21-12(22-10)19-5-11(23)24/h1-4H,5H2,(H,23,24)(H2,19,20,21,22). The summed E-state index contributed by atoms with van der Waals surface area (Å²) in [6, 6.07) is 4.69. The largest absolute Gasteiger partial charge is 0.480 e. The van der Waals surface area contributed by atoms with Crippen LogP contribution in [-0.4, -0.2) is 27.6 Å². The first kappa shape index (κ1) is 18.2. The Morgan fingerprint density at radius 3 is 2.54 bits per heavy atom. The van der Waals surface area contributed by atoms with Crippen molar-refractivity contribution < 1.29 is 27.5 Å². The molecule has 24 heavy (non-hydrogen) atoms. The minimum absolute atomic E-state index is 0.0774. The monoisotopic (exact) mass is 456 g/mol. The molecule has 0 bridgehead atoms. The Bertz CT molecular complexity index is 770. The van der Waals surface area contributed by atoms with Crippen molar-refractivity contribution in [3.63, 3.8) is 0 Å². The van der Waals surface area contributed by atoms with Crippen molar-refractivity contribution in [3.05, 3.63) is 39.3 Å². The lowest BCUT2D eigenvalue weighted by atomic mass is 10.3. The summed E-state index contributed by atoms with van der Waals surface area (Å²) in [7, 11) is 0. The molecule has 0 aliphatic carbocycles. The number of halogens is 5. The maximum Gasteiger partial charge on any atom is 0.433 e. The van der Waals surface area contributed by atoms with Crippen molar-refractivity contribution in [2.75, 3.05) is 17.2 Å². The van der Waals surface area contributed by atoms with E-state index < -0.39 is 36.1 Å². The number of alkyl halides is 3. The van der Waals surface area contributed by atoms with Gasteiger partial charge in [-0.3, -0.25) is 4.79 Å². The number of rotatable bonds is 5. The Morgan fingerprint density at radius 2 is 1.96 bits per heavy atom. The second-order valence-electron chi connectivity index (χ2n) is 4.46. The molecule has 2 aromatic rings. The van der Waals surface area contributed by atoms with E-state index in [9.17, 15) is 22.4 Å². The molecule has 2 rings (SSSR count). The van der Waals surface area contributed by atoms with Gasteiger partial charge in [0.05, 0.1) is 5.69 Å². The molecule has 0 unspecified atom stereocenters. The van der Waals surface area contributed by atoms with Gasteiger partial charge in [-0.05, 0) is 40.8 Å². The second kappa shape index (κ2) is 7.15. The van der Waals surface area contributed by atoms with Crippen molar-refractivity contribution in [1.29, 1.82) is 0 Å². The van der Waals surface area contributed by atoms with Crippen LogP contribution in [0.4, 0.5) is 35.0 Å². The minimum Gasteiger partial charge on any atom is -0.480 e. The Kier molecular flexibility index (Phi) is 5.41. The number of carboxylic acid groups (broad SMARTS) is 1. The normalized spacial score (nSPS) is 11.2. The van der Waals surface area contributed by atoms with Crippen LogP contribution < -0.4 is 10.6 Å². The lowest BCUT2D eigenvalue weighted by Crippen LogP contribution is -2.17. The lowest BCUT2D eigenvalue weighted by molar-refractivity contribution is -0.141. The molecule has 6 nitrogen and oxygen atoms in total. The highest BCUT2D eigenvalue weighted by molar-refractivity contribution is 14.1. The first-order valence-corrected chi connectivity index (χ1v) is 7.37. The molecule has 128 valence electrons. The van der Waals surface area contributed by atoms with E-state index in [1.807, 2.05) is 22.6 Å². The highest BCUT2D eigenvalue weighted by Crippen LogP contribution is 2.30. The molecule has 0 saturated carbocycles. The fourth-order valence-corrected chi connectivity index (χ4v) is 2.07. The Hall–Kier alpha value is -2.18. The van der Waals surface area contributed by atoms with Gasteiger partial charge in [-0.2, -0.15) is 18.2 Å². The third-order valence-electron chi connectivity index (χ3n) is 2.61. The molecule has 1 heterocycles. The summed E-state index contributed by atoms with van der Waals surface area (Å²) in [4.78, 5) is 17.4. The summed E-state index contributed by atoms with van der Waals surface area (Å²) >= 11 is 1.88. The van der Waals surface area contributed by atoms with E-state index in [2.05, 4.69) is 20.6 Å². The molecule has 0 saturated heterocycles. The summed E-state index contributed by atoms with van der Waals surface area (Å²) in [5.74, 6) is -2.84. The van der Waals surface area contributed by atoms with Crippen molar-refractivity contribution in [3.8, 4) is 0 Å². The molecule has 0 aliphatic heterocycles. The number of hydrogen-bond donors (Lipinski definition) is 3. The van der Waals surface area contributed by atoms with Gasteiger partial charge in [0, 0.05) is 9.64 Å². The van der Waals surface area contributed by atoms with Crippen molar-refractivity contribution in [1.82, 2.24) is 9.97 Å². The molecular formula is C13H9F4IN4O2. The number of hydrogen-bond acceptors (Lipinski definition) is 5. The molecule has 0 spiro atoms. The van der Waals surface area contributed by atoms with Crippen molar-refractivity contribution in [2.45, 2.75) is 6.18 Å². The van der Waals surface area contributed by atoms with Crippen LogP contribution in [0, 0.1) is 9.39 Å². The number of anilines is 3. The summed E-state index contributed by atoms with van der Waals surface area (Å²) in [6.07, 6.45) is -4.77. The summed E-state index contributed by atoms with van der Waals surface area (Å²) in [5, 5.41) is 13.1. The number of aliphatic carboxylic acids is 1. The van der Waals surface area contributed by atoms with E-state index in [0.29, 0.717) is 9.64 Å². The molecule has 1 aromatic carbocycles. The topological polar surface area (TPSA) is 87.1 Å². The van der Waals surface area contributed by atoms with Crippen LogP contribution in [-0.2, 0) is 11.0 Å². The van der Waals surface area contributed by atoms with Gasteiger partial charge in [0.2, 0.25) is 5.95 Å². The van der Waals surface area contributed by atoms with E-state index >= 15 is 0 Å². The average molecular weight is 456 g/mol. The Balaban J connectivity index is 2.36. The van der Waals surface area contributed by atoms with Gasteiger partial charge in [0.1, 0.15) is 18.2 Å². The molecule has 0 amide bonds. The molecule has 0 fully saturated rings. The summed E-state index contributed by atoms with van der Waals surface area (Å²) in [5.41, 5.74) is -1.37. The third-order valence-corrected chi connectivity index (χ3v) is 3.28. The maximum absolute atomic E-state index is 13.8. The number of carbonyl (C=O) groups is 1. The van der Waals surface area contributed by atoms with Crippen LogP contribution in [0.2, 0.25) is 0 Å². The lowest BCUT2D eigenvalue weighted by Gasteiger charge is -2.12. The third kappa shape index (κ3) is 4.91. The van der Waals surface area contributed by atoms with Crippen LogP contribution in [0.3, 0.4) is 0 Å². The predicted molar refractivity (Wildman–Crippen MR) is 85.6 cm³/mol. The van der Waals surface area contributed by atoms with Crippen LogP contribution in [0.1, 0.15) is 5.69 Å². The zero-order valence-electron chi connectivity index (χ0n) is 11.7.